The smallest absolute Gasteiger partial charge is 0.330 e. The van der Waals surface area contributed by atoms with E-state index in [9.17, 15) is 24.4 Å². The molecule has 0 bridgehead atoms. The first-order valence-corrected chi connectivity index (χ1v) is 11.6. The van der Waals surface area contributed by atoms with E-state index in [2.05, 4.69) is 4.98 Å². The van der Waals surface area contributed by atoms with Crippen molar-refractivity contribution in [3.63, 3.8) is 0 Å². The van der Waals surface area contributed by atoms with Crippen LogP contribution in [0.25, 0.3) is 0 Å². The van der Waals surface area contributed by atoms with Crippen LogP contribution in [0.1, 0.15) is 18.7 Å². The molecule has 1 aromatic rings. The van der Waals surface area contributed by atoms with Crippen molar-refractivity contribution in [1.82, 2.24) is 9.55 Å². The van der Waals surface area contributed by atoms with Crippen LogP contribution in [0.4, 0.5) is 0 Å². The Morgan fingerprint density at radius 3 is 2.54 bits per heavy atom. The second-order valence-electron chi connectivity index (χ2n) is 7.50. The zero-order valence-corrected chi connectivity index (χ0v) is 17.6. The number of aliphatic hydroxyl groups is 2. The summed E-state index contributed by atoms with van der Waals surface area (Å²) < 4.78 is 30.1. The first-order chi connectivity index (χ1) is 13.0. The van der Waals surface area contributed by atoms with Gasteiger partial charge in [-0.15, -0.1) is 0 Å². The van der Waals surface area contributed by atoms with E-state index in [0.717, 1.165) is 0 Å². The van der Waals surface area contributed by atoms with Gasteiger partial charge in [0.25, 0.3) is 5.56 Å². The minimum absolute atomic E-state index is 0.216. The molecule has 160 valence electrons. The molecule has 0 aliphatic carbocycles. The van der Waals surface area contributed by atoms with Gasteiger partial charge in [0.1, 0.15) is 25.2 Å². The van der Waals surface area contributed by atoms with Gasteiger partial charge in [0, 0.05) is 24.8 Å². The standard InChI is InChI=1S/C17H29N2O8P/c1-9-8-19(17(23)18-14(9)21)15-13(26-7-6-25-3)10(2)12(27-15)11(20)16(22)28(4,5)24/h8,10-13,15-16,20,22H,6-7H2,1-5H3,(H,18,21,23)/t10-,11+,12+,13-,15-,16+/m1/s1. The molecule has 2 heterocycles. The number of methoxy groups -OCH3 is 1. The van der Waals surface area contributed by atoms with Crippen LogP contribution in [0, 0.1) is 12.8 Å². The van der Waals surface area contributed by atoms with Crippen LogP contribution in [0.2, 0.25) is 0 Å². The van der Waals surface area contributed by atoms with E-state index in [1.54, 1.807) is 13.8 Å². The molecule has 0 spiro atoms. The Morgan fingerprint density at radius 1 is 1.32 bits per heavy atom. The minimum atomic E-state index is -3.00. The van der Waals surface area contributed by atoms with Crippen LogP contribution in [-0.2, 0) is 18.8 Å². The summed E-state index contributed by atoms with van der Waals surface area (Å²) in [6, 6.07) is 0. The molecule has 10 nitrogen and oxygen atoms in total. The molecule has 0 radical (unpaired) electrons. The normalized spacial score (nSPS) is 27.7. The Labute approximate surface area is 162 Å². The average Bonchev–Trinajstić information content (AvgIpc) is 2.93. The van der Waals surface area contributed by atoms with Crippen molar-refractivity contribution in [1.29, 1.82) is 0 Å². The van der Waals surface area contributed by atoms with Crippen LogP contribution in [-0.4, -0.2) is 77.6 Å². The zero-order valence-electron chi connectivity index (χ0n) is 16.7. The number of aliphatic hydroxyl groups excluding tert-OH is 2. The molecule has 6 atom stereocenters. The van der Waals surface area contributed by atoms with Crippen molar-refractivity contribution in [3.05, 3.63) is 32.6 Å². The van der Waals surface area contributed by atoms with Crippen LogP contribution in [0.15, 0.2) is 15.8 Å². The fourth-order valence-corrected chi connectivity index (χ4v) is 4.14. The number of rotatable bonds is 8. The molecule has 0 amide bonds. The molecule has 11 heteroatoms. The van der Waals surface area contributed by atoms with Gasteiger partial charge in [0.05, 0.1) is 19.3 Å². The highest BCUT2D eigenvalue weighted by Crippen LogP contribution is 2.46. The number of aryl methyl sites for hydroxylation is 1. The van der Waals surface area contributed by atoms with Crippen molar-refractivity contribution in [2.45, 2.75) is 44.2 Å². The number of H-pyrrole nitrogens is 1. The van der Waals surface area contributed by atoms with Gasteiger partial charge in [-0.3, -0.25) is 14.3 Å². The lowest BCUT2D eigenvalue weighted by Gasteiger charge is -2.28. The van der Waals surface area contributed by atoms with E-state index in [0.29, 0.717) is 12.2 Å². The molecule has 2 rings (SSSR count). The summed E-state index contributed by atoms with van der Waals surface area (Å²) in [6.45, 7) is 6.57. The first-order valence-electron chi connectivity index (χ1n) is 8.98. The van der Waals surface area contributed by atoms with Gasteiger partial charge in [0.2, 0.25) is 0 Å². The number of nitrogens with zero attached hydrogens (tertiary/aromatic N) is 1. The van der Waals surface area contributed by atoms with Gasteiger partial charge < -0.3 is 29.0 Å². The maximum Gasteiger partial charge on any atom is 0.330 e. The quantitative estimate of drug-likeness (QED) is 0.385. The van der Waals surface area contributed by atoms with Gasteiger partial charge in [0.15, 0.2) is 6.23 Å². The maximum atomic E-state index is 12.3. The summed E-state index contributed by atoms with van der Waals surface area (Å²) in [5.74, 6) is -1.93. The third-order valence-electron chi connectivity index (χ3n) is 4.91. The number of hydrogen-bond donors (Lipinski definition) is 3. The maximum absolute atomic E-state index is 12.3. The van der Waals surface area contributed by atoms with E-state index in [1.807, 2.05) is 0 Å². The van der Waals surface area contributed by atoms with E-state index < -0.39 is 54.7 Å². The molecule has 3 N–H and O–H groups in total. The van der Waals surface area contributed by atoms with Gasteiger partial charge in [-0.25, -0.2) is 4.79 Å². The van der Waals surface area contributed by atoms with Crippen molar-refractivity contribution in [2.24, 2.45) is 5.92 Å². The van der Waals surface area contributed by atoms with Crippen LogP contribution >= 0.6 is 7.14 Å². The summed E-state index contributed by atoms with van der Waals surface area (Å²) >= 11 is 0. The lowest BCUT2D eigenvalue weighted by Crippen LogP contribution is -2.41. The molecule has 0 saturated carbocycles. The van der Waals surface area contributed by atoms with E-state index in [1.165, 1.54) is 31.2 Å². The van der Waals surface area contributed by atoms with Crippen LogP contribution < -0.4 is 11.2 Å². The molecular weight excluding hydrogens is 391 g/mol. The van der Waals surface area contributed by atoms with Crippen molar-refractivity contribution < 1.29 is 29.0 Å². The zero-order chi connectivity index (χ0) is 21.2. The van der Waals surface area contributed by atoms with Crippen molar-refractivity contribution in [2.75, 3.05) is 33.7 Å². The first kappa shape index (κ1) is 23.0. The molecule has 1 aliphatic heterocycles. The second kappa shape index (κ2) is 9.02. The van der Waals surface area contributed by atoms with E-state index in [-0.39, 0.29) is 6.61 Å². The number of aromatic nitrogens is 2. The lowest BCUT2D eigenvalue weighted by molar-refractivity contribution is -0.105. The number of aromatic amines is 1. The topological polar surface area (TPSA) is 140 Å². The summed E-state index contributed by atoms with van der Waals surface area (Å²) in [6.07, 6.45) is -2.62. The van der Waals surface area contributed by atoms with Gasteiger partial charge >= 0.3 is 5.69 Å². The fourth-order valence-electron chi connectivity index (χ4n) is 3.24. The summed E-state index contributed by atoms with van der Waals surface area (Å²) in [5, 5.41) is 20.8. The Hall–Kier alpha value is -1.29. The Morgan fingerprint density at radius 2 is 1.96 bits per heavy atom. The summed E-state index contributed by atoms with van der Waals surface area (Å²) in [4.78, 5) is 26.2. The molecule has 1 saturated heterocycles. The van der Waals surface area contributed by atoms with Gasteiger partial charge in [-0.2, -0.15) is 0 Å². The SMILES string of the molecule is COCCO[C@@H]1[C@H](C)[C@@H]([C@H](O)[C@@H](O)P(C)(C)=O)O[C@H]1n1cc(C)c(=O)[nH]c1=O. The third kappa shape index (κ3) is 4.82. The van der Waals surface area contributed by atoms with Crippen LogP contribution in [0.3, 0.4) is 0 Å². The van der Waals surface area contributed by atoms with Gasteiger partial charge in [-0.1, -0.05) is 6.92 Å². The molecular formula is C17H29N2O8P. The second-order valence-corrected chi connectivity index (χ2v) is 10.9. The van der Waals surface area contributed by atoms with Crippen molar-refractivity contribution >= 4 is 7.14 Å². The number of ether oxygens (including phenoxy) is 3. The predicted octanol–water partition coefficient (Wildman–Crippen LogP) is -0.288. The van der Waals surface area contributed by atoms with Crippen molar-refractivity contribution in [3.8, 4) is 0 Å². The molecule has 0 unspecified atom stereocenters. The van der Waals surface area contributed by atoms with E-state index in [4.69, 9.17) is 14.2 Å². The lowest BCUT2D eigenvalue weighted by atomic mass is 9.96. The molecule has 0 aromatic carbocycles. The highest BCUT2D eigenvalue weighted by Gasteiger charge is 2.50. The van der Waals surface area contributed by atoms with Crippen LogP contribution in [0.5, 0.6) is 0 Å². The van der Waals surface area contributed by atoms with Gasteiger partial charge in [-0.05, 0) is 20.3 Å². The minimum Gasteiger partial charge on any atom is -0.387 e. The third-order valence-corrected chi connectivity index (χ3v) is 6.49. The van der Waals surface area contributed by atoms with E-state index >= 15 is 0 Å². The Balaban J connectivity index is 2.39. The molecule has 1 aliphatic rings. The Kier molecular flexibility index (Phi) is 7.41. The largest absolute Gasteiger partial charge is 0.387 e. The average molecular weight is 420 g/mol. The number of nitrogens with one attached hydrogen (secondary N) is 1. The highest BCUT2D eigenvalue weighted by molar-refractivity contribution is 7.62. The highest BCUT2D eigenvalue weighted by atomic mass is 31.2. The molecule has 1 fully saturated rings. The summed E-state index contributed by atoms with van der Waals surface area (Å²) in [5.41, 5.74) is -0.878. The predicted molar refractivity (Wildman–Crippen MR) is 102 cm³/mol. The number of hydrogen-bond acceptors (Lipinski definition) is 8. The fraction of sp³-hybridized carbons (Fsp3) is 0.765. The summed E-state index contributed by atoms with van der Waals surface area (Å²) in [7, 11) is -1.48. The monoisotopic (exact) mass is 420 g/mol. The molecule has 1 aromatic heterocycles. The molecule has 28 heavy (non-hydrogen) atoms. The Bertz CT molecular complexity index is 831.